The van der Waals surface area contributed by atoms with E-state index in [0.717, 1.165) is 13.0 Å². The van der Waals surface area contributed by atoms with Gasteiger partial charge >= 0.3 is 6.03 Å². The number of anilines is 1. The fraction of sp³-hybridized carbons (Fsp3) is 0.389. The number of carbonyl (C=O) groups excluding carboxylic acids is 1. The zero-order valence-corrected chi connectivity index (χ0v) is 13.0. The Hall–Kier alpha value is -2.43. The average molecular weight is 308 g/mol. The summed E-state index contributed by atoms with van der Waals surface area (Å²) in [4.78, 5) is 14.8. The van der Waals surface area contributed by atoms with Crippen molar-refractivity contribution < 1.29 is 4.79 Å². The predicted octanol–water partition coefficient (Wildman–Crippen LogP) is 3.41. The highest BCUT2D eigenvalue weighted by molar-refractivity contribution is 5.89. The van der Waals surface area contributed by atoms with Crippen LogP contribution in [-0.2, 0) is 5.54 Å². The van der Waals surface area contributed by atoms with E-state index < -0.39 is 0 Å². The number of benzene rings is 1. The van der Waals surface area contributed by atoms with E-state index in [-0.39, 0.29) is 11.6 Å². The Balaban J connectivity index is 1.62. The number of carbonyl (C=O) groups is 1. The molecule has 0 unspecified atom stereocenters. The molecule has 118 valence electrons. The Kier molecular flexibility index (Phi) is 3.48. The number of likely N-dealkylation sites (tertiary alicyclic amines) is 1. The van der Waals surface area contributed by atoms with Gasteiger partial charge < -0.3 is 4.90 Å². The minimum Gasteiger partial charge on any atom is -0.314 e. The van der Waals surface area contributed by atoms with Crippen molar-refractivity contribution in [2.75, 3.05) is 11.9 Å². The van der Waals surface area contributed by atoms with Crippen molar-refractivity contribution in [2.24, 2.45) is 5.92 Å². The summed E-state index contributed by atoms with van der Waals surface area (Å²) in [6, 6.07) is 13.9. The summed E-state index contributed by atoms with van der Waals surface area (Å²) in [5.74, 6) is 1.06. The molecule has 2 amide bonds. The third-order valence-corrected chi connectivity index (χ3v) is 5.25. The molecule has 1 saturated carbocycles. The lowest BCUT2D eigenvalue weighted by atomic mass is 9.62. The minimum atomic E-state index is -0.147. The van der Waals surface area contributed by atoms with Crippen LogP contribution in [0, 0.1) is 5.92 Å². The normalized spacial score (nSPS) is 26.1. The Morgan fingerprint density at radius 1 is 1.17 bits per heavy atom. The molecule has 2 aromatic rings. The number of hydrogen-bond donors (Lipinski definition) is 1. The fourth-order valence-corrected chi connectivity index (χ4v) is 4.17. The van der Waals surface area contributed by atoms with Crippen molar-refractivity contribution in [1.29, 1.82) is 0 Å². The second-order valence-electron chi connectivity index (χ2n) is 6.38. The van der Waals surface area contributed by atoms with Gasteiger partial charge in [-0.05, 0) is 30.5 Å². The first-order valence-corrected chi connectivity index (χ1v) is 8.22. The van der Waals surface area contributed by atoms with Crippen molar-refractivity contribution in [3.8, 4) is 0 Å². The molecule has 0 bridgehead atoms. The first-order valence-electron chi connectivity index (χ1n) is 8.22. The van der Waals surface area contributed by atoms with Crippen LogP contribution in [0.15, 0.2) is 48.7 Å². The standard InChI is InChI=1S/C18H20N4O/c23-17(20-16-10-6-12-19-21-16)22-13-15-9-4-5-11-18(15,22)14-7-2-1-3-8-14/h1-3,6-8,10,12,15H,4-5,9,11,13H2,(H,20,21,23)/t15-,18+/m1/s1. The first kappa shape index (κ1) is 14.2. The summed E-state index contributed by atoms with van der Waals surface area (Å²) >= 11 is 0. The van der Waals surface area contributed by atoms with Crippen LogP contribution in [0.5, 0.6) is 0 Å². The van der Waals surface area contributed by atoms with E-state index in [2.05, 4.69) is 39.8 Å². The molecular weight excluding hydrogens is 288 g/mol. The summed E-state index contributed by atoms with van der Waals surface area (Å²) in [6.07, 6.45) is 6.26. The number of aromatic nitrogens is 2. The lowest BCUT2D eigenvalue weighted by Gasteiger charge is -2.61. The van der Waals surface area contributed by atoms with Crippen LogP contribution in [0.3, 0.4) is 0 Å². The van der Waals surface area contributed by atoms with Crippen molar-refractivity contribution in [3.05, 3.63) is 54.2 Å². The van der Waals surface area contributed by atoms with Gasteiger partial charge in [0.05, 0.1) is 5.54 Å². The van der Waals surface area contributed by atoms with Gasteiger partial charge in [-0.3, -0.25) is 5.32 Å². The Morgan fingerprint density at radius 2 is 2.04 bits per heavy atom. The maximum absolute atomic E-state index is 12.8. The highest BCUT2D eigenvalue weighted by Gasteiger charge is 2.57. The molecule has 1 aromatic heterocycles. The number of fused-ring (bicyclic) bond motifs is 1. The van der Waals surface area contributed by atoms with Crippen LogP contribution in [-0.4, -0.2) is 27.7 Å². The molecule has 1 aliphatic heterocycles. The average Bonchev–Trinajstić information content (AvgIpc) is 2.58. The molecule has 1 N–H and O–H groups in total. The molecule has 5 nitrogen and oxygen atoms in total. The molecule has 0 radical (unpaired) electrons. The van der Waals surface area contributed by atoms with Gasteiger partial charge in [-0.1, -0.05) is 43.2 Å². The van der Waals surface area contributed by atoms with Crippen LogP contribution in [0.1, 0.15) is 31.2 Å². The molecule has 23 heavy (non-hydrogen) atoms. The molecule has 5 heteroatoms. The summed E-state index contributed by atoms with van der Waals surface area (Å²) in [5, 5.41) is 10.6. The van der Waals surface area contributed by atoms with Gasteiger partial charge in [0, 0.05) is 18.7 Å². The van der Waals surface area contributed by atoms with Gasteiger partial charge in [0.1, 0.15) is 0 Å². The van der Waals surface area contributed by atoms with Crippen LogP contribution < -0.4 is 5.32 Å². The van der Waals surface area contributed by atoms with E-state index in [1.54, 1.807) is 18.3 Å². The van der Waals surface area contributed by atoms with Crippen LogP contribution >= 0.6 is 0 Å². The number of amides is 2. The molecule has 2 aliphatic rings. The van der Waals surface area contributed by atoms with Gasteiger partial charge in [0.15, 0.2) is 5.82 Å². The van der Waals surface area contributed by atoms with Gasteiger partial charge in [-0.2, -0.15) is 5.10 Å². The molecule has 0 spiro atoms. The summed E-state index contributed by atoms with van der Waals surface area (Å²) in [7, 11) is 0. The summed E-state index contributed by atoms with van der Waals surface area (Å²) < 4.78 is 0. The molecule has 2 heterocycles. The first-order chi connectivity index (χ1) is 11.3. The number of rotatable bonds is 2. The van der Waals surface area contributed by atoms with E-state index in [9.17, 15) is 4.79 Å². The van der Waals surface area contributed by atoms with E-state index in [1.165, 1.54) is 24.8 Å². The smallest absolute Gasteiger partial charge is 0.314 e. The fourth-order valence-electron chi connectivity index (χ4n) is 4.17. The monoisotopic (exact) mass is 308 g/mol. The molecule has 1 saturated heterocycles. The Morgan fingerprint density at radius 3 is 2.78 bits per heavy atom. The van der Waals surface area contributed by atoms with E-state index >= 15 is 0 Å². The molecule has 4 rings (SSSR count). The van der Waals surface area contributed by atoms with Crippen molar-refractivity contribution >= 4 is 11.8 Å². The molecule has 2 atom stereocenters. The quantitative estimate of drug-likeness (QED) is 0.925. The Labute approximate surface area is 135 Å². The molecular formula is C18H20N4O. The number of nitrogens with one attached hydrogen (secondary N) is 1. The van der Waals surface area contributed by atoms with Gasteiger partial charge in [0.2, 0.25) is 0 Å². The third kappa shape index (κ3) is 2.27. The summed E-state index contributed by atoms with van der Waals surface area (Å²) in [5.41, 5.74) is 1.11. The molecule has 1 aliphatic carbocycles. The zero-order valence-electron chi connectivity index (χ0n) is 13.0. The van der Waals surface area contributed by atoms with E-state index in [0.29, 0.717) is 11.7 Å². The van der Waals surface area contributed by atoms with Gasteiger partial charge in [0.25, 0.3) is 0 Å². The maximum atomic E-state index is 12.8. The third-order valence-electron chi connectivity index (χ3n) is 5.25. The molecule has 1 aromatic carbocycles. The number of nitrogens with zero attached hydrogens (tertiary/aromatic N) is 3. The van der Waals surface area contributed by atoms with Crippen molar-refractivity contribution in [1.82, 2.24) is 15.1 Å². The molecule has 2 fully saturated rings. The second-order valence-corrected chi connectivity index (χ2v) is 6.38. The number of urea groups is 1. The topological polar surface area (TPSA) is 58.1 Å². The Bertz CT molecular complexity index is 691. The van der Waals surface area contributed by atoms with Crippen LogP contribution in [0.2, 0.25) is 0 Å². The highest BCUT2D eigenvalue weighted by Crippen LogP contribution is 2.53. The minimum absolute atomic E-state index is 0.0764. The van der Waals surface area contributed by atoms with Gasteiger partial charge in [-0.15, -0.1) is 5.10 Å². The van der Waals surface area contributed by atoms with Crippen LogP contribution in [0.4, 0.5) is 10.6 Å². The number of hydrogen-bond acceptors (Lipinski definition) is 3. The van der Waals surface area contributed by atoms with E-state index in [1.807, 2.05) is 11.0 Å². The van der Waals surface area contributed by atoms with Gasteiger partial charge in [-0.25, -0.2) is 4.79 Å². The SMILES string of the molecule is O=C(Nc1cccnn1)N1C[C@H]2CCCC[C@]21c1ccccc1. The lowest BCUT2D eigenvalue weighted by Crippen LogP contribution is -2.68. The lowest BCUT2D eigenvalue weighted by molar-refractivity contribution is -0.0756. The van der Waals surface area contributed by atoms with Crippen LogP contribution in [0.25, 0.3) is 0 Å². The largest absolute Gasteiger partial charge is 0.323 e. The second kappa shape index (κ2) is 5.65. The predicted molar refractivity (Wildman–Crippen MR) is 87.8 cm³/mol. The van der Waals surface area contributed by atoms with Crippen molar-refractivity contribution in [2.45, 2.75) is 31.2 Å². The highest BCUT2D eigenvalue weighted by atomic mass is 16.2. The van der Waals surface area contributed by atoms with E-state index in [4.69, 9.17) is 0 Å². The zero-order chi connectivity index (χ0) is 15.7. The summed E-state index contributed by atoms with van der Waals surface area (Å²) in [6.45, 7) is 0.820. The maximum Gasteiger partial charge on any atom is 0.323 e. The van der Waals surface area contributed by atoms with Crippen molar-refractivity contribution in [3.63, 3.8) is 0 Å².